The standard InChI is InChI=1S/C12H14.C5H3F2.B.La.Y/c1-3-7-11(8-4-1)12-9-5-2-6-10-12;6-4-2-1-3-5(4)7;;;/h1,5-6,9-11H,3-4,7-8H2;2H,3H2;;;/q-2;-1;;;. The molecule has 0 N–H and O–H groups in total. The molecule has 1 saturated carbocycles. The smallest absolute Gasteiger partial charge is 0.0399 e. The molecule has 22 heavy (non-hydrogen) atoms. The molecule has 0 aliphatic heterocycles. The molecule has 0 amide bonds. The Morgan fingerprint density at radius 2 is 1.68 bits per heavy atom. The maximum Gasteiger partial charge on any atom is 0.0399 e. The largest absolute Gasteiger partial charge is 0.328 e. The molecule has 1 aromatic carbocycles. The van der Waals surface area contributed by atoms with Crippen molar-refractivity contribution in [2.75, 3.05) is 0 Å². The van der Waals surface area contributed by atoms with Gasteiger partial charge in [-0.1, -0.05) is 19.3 Å². The molecule has 5 radical (unpaired) electrons. The molecule has 0 spiro atoms. The Kier molecular flexibility index (Phi) is 16.3. The number of hydrogen-bond donors (Lipinski definition) is 0. The van der Waals surface area contributed by atoms with Gasteiger partial charge in [0, 0.05) is 82.5 Å². The van der Waals surface area contributed by atoms with Gasteiger partial charge in [-0.15, -0.1) is 0 Å². The van der Waals surface area contributed by atoms with E-state index < -0.39 is 11.7 Å². The first kappa shape index (κ1) is 25.2. The van der Waals surface area contributed by atoms with Gasteiger partial charge in [0.1, 0.15) is 0 Å². The summed E-state index contributed by atoms with van der Waals surface area (Å²) in [6, 6.07) is 11.5. The molecule has 0 atom stereocenters. The van der Waals surface area contributed by atoms with E-state index in [0.29, 0.717) is 0 Å². The molecule has 0 aromatic heterocycles. The van der Waals surface area contributed by atoms with Crippen LogP contribution in [-0.4, -0.2) is 8.41 Å². The first-order chi connectivity index (χ1) is 9.27. The molecule has 1 fully saturated rings. The van der Waals surface area contributed by atoms with Crippen molar-refractivity contribution >= 4 is 8.41 Å². The van der Waals surface area contributed by atoms with Crippen molar-refractivity contribution < 1.29 is 77.1 Å². The van der Waals surface area contributed by atoms with Gasteiger partial charge in [0.15, 0.2) is 0 Å². The summed E-state index contributed by atoms with van der Waals surface area (Å²) in [7, 11) is 0. The van der Waals surface area contributed by atoms with E-state index in [1.54, 1.807) is 0 Å². The Labute approximate surface area is 187 Å². The minimum atomic E-state index is -0.778. The topological polar surface area (TPSA) is 0 Å². The molecule has 0 heterocycles. The zero-order valence-electron chi connectivity index (χ0n) is 12.6. The molecule has 0 nitrogen and oxygen atoms in total. The van der Waals surface area contributed by atoms with Gasteiger partial charge < -0.3 is 10.8 Å². The van der Waals surface area contributed by atoms with Gasteiger partial charge in [0.05, 0.1) is 0 Å². The predicted octanol–water partition coefficient (Wildman–Crippen LogP) is 4.87. The Balaban J connectivity index is 0. The zero-order chi connectivity index (χ0) is 13.5. The van der Waals surface area contributed by atoms with Crippen LogP contribution in [-0.2, 0) is 32.7 Å². The van der Waals surface area contributed by atoms with E-state index >= 15 is 0 Å². The fraction of sp³-hybridized carbons (Fsp3) is 0.353. The van der Waals surface area contributed by atoms with Crippen LogP contribution in [0.4, 0.5) is 8.78 Å². The predicted molar refractivity (Wildman–Crippen MR) is 78.2 cm³/mol. The molecule has 0 unspecified atom stereocenters. The minimum absolute atomic E-state index is 0. The van der Waals surface area contributed by atoms with Crippen molar-refractivity contribution in [3.63, 3.8) is 0 Å². The summed E-state index contributed by atoms with van der Waals surface area (Å²) in [5, 5.41) is 0. The quantitative estimate of drug-likeness (QED) is 0.384. The van der Waals surface area contributed by atoms with Crippen LogP contribution in [0.5, 0.6) is 0 Å². The minimum Gasteiger partial charge on any atom is -0.328 e. The molecule has 2 aliphatic rings. The van der Waals surface area contributed by atoms with Gasteiger partial charge in [0.2, 0.25) is 0 Å². The van der Waals surface area contributed by atoms with Gasteiger partial charge in [-0.3, -0.25) is 6.08 Å². The van der Waals surface area contributed by atoms with Crippen molar-refractivity contribution in [2.24, 2.45) is 0 Å². The second-order valence-electron chi connectivity index (χ2n) is 4.75. The van der Waals surface area contributed by atoms with E-state index in [-0.39, 0.29) is 83.1 Å². The van der Waals surface area contributed by atoms with E-state index in [4.69, 9.17) is 0 Å². The van der Waals surface area contributed by atoms with E-state index in [0.717, 1.165) is 12.0 Å². The second-order valence-corrected chi connectivity index (χ2v) is 4.75. The molecule has 3 rings (SSSR count). The van der Waals surface area contributed by atoms with E-state index in [9.17, 15) is 8.78 Å². The fourth-order valence-electron chi connectivity index (χ4n) is 2.33. The molecule has 0 saturated heterocycles. The zero-order valence-corrected chi connectivity index (χ0v) is 19.0. The average Bonchev–Trinajstić information content (AvgIpc) is 2.85. The number of hydrogen-bond acceptors (Lipinski definition) is 0. The van der Waals surface area contributed by atoms with Crippen molar-refractivity contribution in [3.8, 4) is 0 Å². The number of halogens is 2. The van der Waals surface area contributed by atoms with Crippen LogP contribution in [0.2, 0.25) is 0 Å². The molecule has 1 aromatic rings. The van der Waals surface area contributed by atoms with Crippen LogP contribution in [0.3, 0.4) is 0 Å². The second kappa shape index (κ2) is 14.3. The van der Waals surface area contributed by atoms with E-state index in [1.165, 1.54) is 31.2 Å². The van der Waals surface area contributed by atoms with Gasteiger partial charge >= 0.3 is 0 Å². The van der Waals surface area contributed by atoms with Crippen LogP contribution in [0.15, 0.2) is 42.0 Å². The number of rotatable bonds is 1. The molecule has 2 aliphatic carbocycles. The summed E-state index contributed by atoms with van der Waals surface area (Å²) in [4.78, 5) is 0. The summed E-state index contributed by atoms with van der Waals surface area (Å²) in [5.41, 5.74) is 1.50. The number of allylic oxidation sites excluding steroid dienone is 4. The first-order valence-electron chi connectivity index (χ1n) is 6.66. The van der Waals surface area contributed by atoms with E-state index in [1.807, 2.05) is 12.1 Å². The molecular formula is C17H17BF2LaY-3. The van der Waals surface area contributed by atoms with Gasteiger partial charge in [-0.25, -0.2) is 10.5 Å². The van der Waals surface area contributed by atoms with Gasteiger partial charge in [0.25, 0.3) is 0 Å². The van der Waals surface area contributed by atoms with Gasteiger partial charge in [-0.05, 0) is 11.7 Å². The Morgan fingerprint density at radius 3 is 2.09 bits per heavy atom. The van der Waals surface area contributed by atoms with E-state index in [2.05, 4.69) is 30.7 Å². The third kappa shape index (κ3) is 8.69. The van der Waals surface area contributed by atoms with Crippen molar-refractivity contribution in [1.29, 1.82) is 0 Å². The molecule has 0 bridgehead atoms. The SMILES string of the molecule is FC1=C(F)C[C-]=C1.[B].[La].[Y].[c-]1ccc(C2CC[CH-]CC2)cc1. The summed E-state index contributed by atoms with van der Waals surface area (Å²) in [6.45, 7) is 0. The van der Waals surface area contributed by atoms with Crippen molar-refractivity contribution in [1.82, 2.24) is 0 Å². The summed E-state index contributed by atoms with van der Waals surface area (Å²) >= 11 is 0. The number of benzene rings is 1. The van der Waals surface area contributed by atoms with Crippen LogP contribution < -0.4 is 0 Å². The van der Waals surface area contributed by atoms with Crippen molar-refractivity contribution in [3.05, 3.63) is 66.1 Å². The normalized spacial score (nSPS) is 16.6. The molecule has 5 heteroatoms. The average molecular weight is 498 g/mol. The summed E-state index contributed by atoms with van der Waals surface area (Å²) in [6.07, 6.45) is 11.1. The van der Waals surface area contributed by atoms with Crippen LogP contribution in [0, 0.1) is 54.2 Å². The Hall–Kier alpha value is 0.924. The van der Waals surface area contributed by atoms with Crippen LogP contribution >= 0.6 is 0 Å². The maximum atomic E-state index is 11.7. The maximum absolute atomic E-state index is 11.7. The Morgan fingerprint density at radius 1 is 1.09 bits per heavy atom. The van der Waals surface area contributed by atoms with Crippen molar-refractivity contribution in [2.45, 2.75) is 38.0 Å². The first-order valence-corrected chi connectivity index (χ1v) is 6.66. The fourth-order valence-corrected chi connectivity index (χ4v) is 2.33. The monoisotopic (exact) mass is 498 g/mol. The van der Waals surface area contributed by atoms with Gasteiger partial charge in [-0.2, -0.15) is 48.7 Å². The third-order valence-corrected chi connectivity index (χ3v) is 3.40. The third-order valence-electron chi connectivity index (χ3n) is 3.40. The van der Waals surface area contributed by atoms with Crippen LogP contribution in [0.25, 0.3) is 0 Å². The van der Waals surface area contributed by atoms with Crippen LogP contribution in [0.1, 0.15) is 43.6 Å². The summed E-state index contributed by atoms with van der Waals surface area (Å²) < 4.78 is 23.4. The molecule has 111 valence electrons. The Bertz CT molecular complexity index is 457. The summed E-state index contributed by atoms with van der Waals surface area (Å²) in [5.74, 6) is -0.676. The molecular weight excluding hydrogens is 481 g/mol.